The third-order valence-corrected chi connectivity index (χ3v) is 6.41. The molecule has 0 spiro atoms. The van der Waals surface area contributed by atoms with E-state index in [9.17, 15) is 14.3 Å². The summed E-state index contributed by atoms with van der Waals surface area (Å²) < 4.78 is 13.0. The van der Waals surface area contributed by atoms with Gasteiger partial charge in [-0.25, -0.2) is 14.2 Å². The molecule has 1 atom stereocenters. The van der Waals surface area contributed by atoms with Crippen molar-refractivity contribution in [3.8, 4) is 0 Å². The standard InChI is InChI=1S/C20H26FN3O2S/c1-13-18(20(25)26)27-19(23-13)14(2)22-17-8-11-24(12-9-17)10-7-15-3-5-16(21)6-4-15/h3-6,14,17,22H,7-12H2,1-2H3,(H,25,26). The number of halogens is 1. The van der Waals surface area contributed by atoms with Crippen LogP contribution < -0.4 is 5.32 Å². The van der Waals surface area contributed by atoms with Gasteiger partial charge in [-0.3, -0.25) is 0 Å². The molecule has 0 saturated carbocycles. The van der Waals surface area contributed by atoms with Gasteiger partial charge in [0.2, 0.25) is 0 Å². The molecule has 1 aromatic carbocycles. The van der Waals surface area contributed by atoms with Crippen molar-refractivity contribution in [2.45, 2.75) is 45.2 Å². The van der Waals surface area contributed by atoms with Gasteiger partial charge >= 0.3 is 5.97 Å². The van der Waals surface area contributed by atoms with E-state index < -0.39 is 5.97 Å². The number of nitrogens with one attached hydrogen (secondary N) is 1. The zero-order chi connectivity index (χ0) is 19.4. The van der Waals surface area contributed by atoms with Crippen LogP contribution in [0.25, 0.3) is 0 Å². The molecular formula is C20H26FN3O2S. The molecule has 2 heterocycles. The van der Waals surface area contributed by atoms with E-state index in [0.717, 1.165) is 43.9 Å². The van der Waals surface area contributed by atoms with Crippen molar-refractivity contribution in [1.29, 1.82) is 0 Å². The Labute approximate surface area is 163 Å². The summed E-state index contributed by atoms with van der Waals surface area (Å²) in [5.74, 6) is -1.09. The highest BCUT2D eigenvalue weighted by molar-refractivity contribution is 7.13. The van der Waals surface area contributed by atoms with Crippen molar-refractivity contribution in [2.24, 2.45) is 0 Å². The summed E-state index contributed by atoms with van der Waals surface area (Å²) in [7, 11) is 0. The first kappa shape index (κ1) is 19.9. The lowest BCUT2D eigenvalue weighted by atomic mass is 10.0. The molecule has 0 amide bonds. The third-order valence-electron chi connectivity index (χ3n) is 5.08. The number of carboxylic acid groups (broad SMARTS) is 1. The second-order valence-electron chi connectivity index (χ2n) is 7.15. The number of nitrogens with zero attached hydrogens (tertiary/aromatic N) is 2. The van der Waals surface area contributed by atoms with Crippen LogP contribution in [0.4, 0.5) is 4.39 Å². The third kappa shape index (κ3) is 5.34. The Morgan fingerprint density at radius 2 is 2.04 bits per heavy atom. The lowest BCUT2D eigenvalue weighted by molar-refractivity contribution is 0.0701. The molecule has 2 aromatic rings. The highest BCUT2D eigenvalue weighted by Gasteiger charge is 2.23. The fraction of sp³-hybridized carbons (Fsp3) is 0.500. The first-order chi connectivity index (χ1) is 12.9. The molecule has 0 aliphatic carbocycles. The van der Waals surface area contributed by atoms with Gasteiger partial charge in [0.25, 0.3) is 0 Å². The smallest absolute Gasteiger partial charge is 0.347 e. The molecule has 146 valence electrons. The Bertz CT molecular complexity index is 770. The number of hydrogen-bond donors (Lipinski definition) is 2. The molecule has 7 heteroatoms. The van der Waals surface area contributed by atoms with E-state index in [1.54, 1.807) is 6.92 Å². The number of aryl methyl sites for hydroxylation is 1. The molecule has 0 bridgehead atoms. The number of piperidine rings is 1. The van der Waals surface area contributed by atoms with Crippen LogP contribution in [-0.2, 0) is 6.42 Å². The molecule has 5 nitrogen and oxygen atoms in total. The number of hydrogen-bond acceptors (Lipinski definition) is 5. The number of thiazole rings is 1. The predicted octanol–water partition coefficient (Wildman–Crippen LogP) is 3.65. The van der Waals surface area contributed by atoms with E-state index in [1.807, 2.05) is 19.1 Å². The summed E-state index contributed by atoms with van der Waals surface area (Å²) in [6, 6.07) is 7.21. The number of benzene rings is 1. The van der Waals surface area contributed by atoms with Gasteiger partial charge in [0.1, 0.15) is 15.7 Å². The van der Waals surface area contributed by atoms with E-state index in [2.05, 4.69) is 15.2 Å². The first-order valence-corrected chi connectivity index (χ1v) is 10.2. The fourth-order valence-corrected chi connectivity index (χ4v) is 4.40. The zero-order valence-corrected chi connectivity index (χ0v) is 16.6. The molecular weight excluding hydrogens is 365 g/mol. The van der Waals surface area contributed by atoms with Crippen LogP contribution in [0.15, 0.2) is 24.3 Å². The Morgan fingerprint density at radius 1 is 1.37 bits per heavy atom. The molecule has 1 aromatic heterocycles. The molecule has 1 aliphatic heterocycles. The second-order valence-corrected chi connectivity index (χ2v) is 8.18. The van der Waals surface area contributed by atoms with Crippen LogP contribution in [-0.4, -0.2) is 46.6 Å². The van der Waals surface area contributed by atoms with Crippen LogP contribution in [0.3, 0.4) is 0 Å². The number of aromatic carboxylic acids is 1. The highest BCUT2D eigenvalue weighted by atomic mass is 32.1. The predicted molar refractivity (Wildman–Crippen MR) is 105 cm³/mol. The average Bonchev–Trinajstić information content (AvgIpc) is 3.05. The van der Waals surface area contributed by atoms with Gasteiger partial charge in [0.05, 0.1) is 11.7 Å². The van der Waals surface area contributed by atoms with Gasteiger partial charge < -0.3 is 15.3 Å². The topological polar surface area (TPSA) is 65.5 Å². The van der Waals surface area contributed by atoms with E-state index >= 15 is 0 Å². The number of carboxylic acids is 1. The minimum Gasteiger partial charge on any atom is -0.477 e. The minimum absolute atomic E-state index is 0.0533. The Morgan fingerprint density at radius 3 is 2.63 bits per heavy atom. The maximum Gasteiger partial charge on any atom is 0.347 e. The van der Waals surface area contributed by atoms with Crippen molar-refractivity contribution in [3.63, 3.8) is 0 Å². The van der Waals surface area contributed by atoms with Crippen LogP contribution in [0.5, 0.6) is 0 Å². The van der Waals surface area contributed by atoms with Crippen molar-refractivity contribution in [1.82, 2.24) is 15.2 Å². The number of aromatic nitrogens is 1. The molecule has 3 rings (SSSR count). The van der Waals surface area contributed by atoms with Gasteiger partial charge in [-0.1, -0.05) is 12.1 Å². The number of carbonyl (C=O) groups is 1. The van der Waals surface area contributed by atoms with Gasteiger partial charge in [-0.15, -0.1) is 11.3 Å². The van der Waals surface area contributed by atoms with Gasteiger partial charge in [-0.2, -0.15) is 0 Å². The lowest BCUT2D eigenvalue weighted by Crippen LogP contribution is -2.43. The summed E-state index contributed by atoms with van der Waals surface area (Å²) in [6.45, 7) is 6.84. The molecule has 27 heavy (non-hydrogen) atoms. The van der Waals surface area contributed by atoms with E-state index in [4.69, 9.17) is 0 Å². The largest absolute Gasteiger partial charge is 0.477 e. The summed E-state index contributed by atoms with van der Waals surface area (Å²) in [5, 5.41) is 13.6. The quantitative estimate of drug-likeness (QED) is 0.754. The number of likely N-dealkylation sites (tertiary alicyclic amines) is 1. The SMILES string of the molecule is Cc1nc(C(C)NC2CCN(CCc3ccc(F)cc3)CC2)sc1C(=O)O. The van der Waals surface area contributed by atoms with Crippen molar-refractivity contribution in [2.75, 3.05) is 19.6 Å². The van der Waals surface area contributed by atoms with E-state index in [0.29, 0.717) is 16.6 Å². The Balaban J connectivity index is 1.44. The summed E-state index contributed by atoms with van der Waals surface area (Å²) >= 11 is 1.26. The highest BCUT2D eigenvalue weighted by Crippen LogP contribution is 2.25. The van der Waals surface area contributed by atoms with E-state index in [1.165, 1.54) is 29.0 Å². The molecule has 2 N–H and O–H groups in total. The second kappa shape index (κ2) is 8.91. The lowest BCUT2D eigenvalue weighted by Gasteiger charge is -2.33. The zero-order valence-electron chi connectivity index (χ0n) is 15.7. The van der Waals surface area contributed by atoms with Crippen molar-refractivity contribution < 1.29 is 14.3 Å². The summed E-state index contributed by atoms with van der Waals surface area (Å²) in [6.07, 6.45) is 3.05. The van der Waals surface area contributed by atoms with Gasteiger partial charge in [0.15, 0.2) is 0 Å². The van der Waals surface area contributed by atoms with Crippen molar-refractivity contribution >= 4 is 17.3 Å². The van der Waals surface area contributed by atoms with Crippen LogP contribution in [0, 0.1) is 12.7 Å². The van der Waals surface area contributed by atoms with E-state index in [-0.39, 0.29) is 11.9 Å². The van der Waals surface area contributed by atoms with Crippen LogP contribution in [0.2, 0.25) is 0 Å². The van der Waals surface area contributed by atoms with Gasteiger partial charge in [0, 0.05) is 12.6 Å². The van der Waals surface area contributed by atoms with Crippen LogP contribution >= 0.6 is 11.3 Å². The maximum atomic E-state index is 13.0. The van der Waals surface area contributed by atoms with Gasteiger partial charge in [-0.05, 0) is 63.9 Å². The molecule has 1 saturated heterocycles. The first-order valence-electron chi connectivity index (χ1n) is 9.36. The maximum absolute atomic E-state index is 13.0. The molecule has 1 unspecified atom stereocenters. The fourth-order valence-electron chi connectivity index (χ4n) is 3.49. The Hall–Kier alpha value is -1.83. The molecule has 1 aliphatic rings. The monoisotopic (exact) mass is 391 g/mol. The molecule has 1 fully saturated rings. The summed E-state index contributed by atoms with van der Waals surface area (Å²) in [5.41, 5.74) is 1.76. The van der Waals surface area contributed by atoms with Crippen LogP contribution in [0.1, 0.15) is 51.7 Å². The van der Waals surface area contributed by atoms with Crippen molar-refractivity contribution in [3.05, 3.63) is 51.2 Å². The number of rotatable bonds is 7. The minimum atomic E-state index is -0.905. The average molecular weight is 392 g/mol. The Kier molecular flexibility index (Phi) is 6.57. The molecule has 0 radical (unpaired) electrons. The summed E-state index contributed by atoms with van der Waals surface area (Å²) in [4.78, 5) is 18.4. The normalized spacial score (nSPS) is 17.1.